The number of fused-ring (bicyclic) bond motifs is 1. The van der Waals surface area contributed by atoms with Gasteiger partial charge in [0.1, 0.15) is 5.75 Å². The van der Waals surface area contributed by atoms with Crippen LogP contribution in [0.5, 0.6) is 5.75 Å². The molecule has 1 aromatic heterocycles. The molecule has 25 heavy (non-hydrogen) atoms. The Bertz CT molecular complexity index is 1070. The lowest BCUT2D eigenvalue weighted by molar-refractivity contribution is 0.214. The molecule has 4 aromatic rings. The lowest BCUT2D eigenvalue weighted by Gasteiger charge is -2.16. The van der Waals surface area contributed by atoms with E-state index in [9.17, 15) is 0 Å². The number of aromatic amines is 1. The minimum Gasteiger partial charge on any atom is -0.483 e. The number of hydrogen-bond acceptors (Lipinski definition) is 3. The molecule has 1 atom stereocenters. The standard InChI is InChI=1S/C20H17N3OS/c1-14(24-18-12-11-15-7-5-6-8-16(15)13-18)19-21-22-20(25)23(19)17-9-3-2-4-10-17/h2-14H,1H3,(H,22,25). The van der Waals surface area contributed by atoms with Gasteiger partial charge in [0.15, 0.2) is 16.7 Å². The highest BCUT2D eigenvalue weighted by atomic mass is 32.1. The van der Waals surface area contributed by atoms with Gasteiger partial charge in [-0.3, -0.25) is 9.67 Å². The summed E-state index contributed by atoms with van der Waals surface area (Å²) in [6.45, 7) is 1.97. The van der Waals surface area contributed by atoms with Gasteiger partial charge < -0.3 is 4.74 Å². The zero-order chi connectivity index (χ0) is 17.2. The van der Waals surface area contributed by atoms with Crippen LogP contribution in [-0.4, -0.2) is 14.8 Å². The molecule has 1 heterocycles. The summed E-state index contributed by atoms with van der Waals surface area (Å²) in [6, 6.07) is 24.2. The third kappa shape index (κ3) is 3.06. The van der Waals surface area contributed by atoms with E-state index < -0.39 is 0 Å². The molecular formula is C20H17N3OS. The maximum absolute atomic E-state index is 6.13. The average molecular weight is 347 g/mol. The molecule has 124 valence electrons. The van der Waals surface area contributed by atoms with Crippen LogP contribution < -0.4 is 4.74 Å². The predicted octanol–water partition coefficient (Wildman–Crippen LogP) is 5.22. The van der Waals surface area contributed by atoms with E-state index in [1.165, 1.54) is 5.39 Å². The second-order valence-electron chi connectivity index (χ2n) is 5.83. The van der Waals surface area contributed by atoms with Crippen LogP contribution in [0.1, 0.15) is 18.9 Å². The van der Waals surface area contributed by atoms with Crippen molar-refractivity contribution < 1.29 is 4.74 Å². The molecule has 0 radical (unpaired) electrons. The maximum Gasteiger partial charge on any atom is 0.199 e. The fourth-order valence-electron chi connectivity index (χ4n) is 2.91. The molecule has 0 saturated carbocycles. The number of para-hydroxylation sites is 1. The number of hydrogen-bond donors (Lipinski definition) is 1. The smallest absolute Gasteiger partial charge is 0.199 e. The van der Waals surface area contributed by atoms with Crippen LogP contribution in [0.3, 0.4) is 0 Å². The maximum atomic E-state index is 6.13. The monoisotopic (exact) mass is 347 g/mol. The summed E-state index contributed by atoms with van der Waals surface area (Å²) >= 11 is 5.39. The number of aromatic nitrogens is 3. The molecule has 0 aliphatic carbocycles. The second-order valence-corrected chi connectivity index (χ2v) is 6.21. The van der Waals surface area contributed by atoms with E-state index >= 15 is 0 Å². The molecule has 0 aliphatic rings. The van der Waals surface area contributed by atoms with Gasteiger partial charge in [-0.15, -0.1) is 0 Å². The highest BCUT2D eigenvalue weighted by Crippen LogP contribution is 2.26. The third-order valence-electron chi connectivity index (χ3n) is 4.11. The van der Waals surface area contributed by atoms with Crippen molar-refractivity contribution in [1.29, 1.82) is 0 Å². The Balaban J connectivity index is 1.67. The molecule has 0 aliphatic heterocycles. The number of benzene rings is 3. The van der Waals surface area contributed by atoms with Gasteiger partial charge >= 0.3 is 0 Å². The fourth-order valence-corrected chi connectivity index (χ4v) is 3.15. The second kappa shape index (κ2) is 6.53. The largest absolute Gasteiger partial charge is 0.483 e. The van der Waals surface area contributed by atoms with Crippen molar-refractivity contribution in [3.05, 3.63) is 83.4 Å². The first-order chi connectivity index (χ1) is 12.2. The van der Waals surface area contributed by atoms with Crippen molar-refractivity contribution in [2.75, 3.05) is 0 Å². The summed E-state index contributed by atoms with van der Waals surface area (Å²) in [5, 5.41) is 9.58. The van der Waals surface area contributed by atoms with Crippen molar-refractivity contribution in [2.24, 2.45) is 0 Å². The summed E-state index contributed by atoms with van der Waals surface area (Å²) in [7, 11) is 0. The molecule has 0 saturated heterocycles. The van der Waals surface area contributed by atoms with Crippen molar-refractivity contribution in [3.63, 3.8) is 0 Å². The molecule has 0 spiro atoms. The quantitative estimate of drug-likeness (QED) is 0.515. The SMILES string of the molecule is CC(Oc1ccc2ccccc2c1)c1n[nH]c(=S)n1-c1ccccc1. The van der Waals surface area contributed by atoms with Crippen molar-refractivity contribution in [2.45, 2.75) is 13.0 Å². The summed E-state index contributed by atoms with van der Waals surface area (Å²) in [5.41, 5.74) is 0.963. The molecule has 0 fully saturated rings. The zero-order valence-electron chi connectivity index (χ0n) is 13.7. The Kier molecular flexibility index (Phi) is 4.07. The molecule has 5 heteroatoms. The molecular weight excluding hydrogens is 330 g/mol. The van der Waals surface area contributed by atoms with Gasteiger partial charge in [0.2, 0.25) is 0 Å². The van der Waals surface area contributed by atoms with Gasteiger partial charge in [-0.2, -0.15) is 5.10 Å². The Morgan fingerprint density at radius 2 is 1.68 bits per heavy atom. The Hall–Kier alpha value is -2.92. The Morgan fingerprint density at radius 1 is 0.960 bits per heavy atom. The topological polar surface area (TPSA) is 42.8 Å². The highest BCUT2D eigenvalue weighted by molar-refractivity contribution is 7.71. The van der Waals surface area contributed by atoms with Gasteiger partial charge in [-0.1, -0.05) is 48.5 Å². The molecule has 1 unspecified atom stereocenters. The molecule has 0 bridgehead atoms. The Morgan fingerprint density at radius 3 is 2.48 bits per heavy atom. The highest BCUT2D eigenvalue weighted by Gasteiger charge is 2.17. The van der Waals surface area contributed by atoms with E-state index in [4.69, 9.17) is 17.0 Å². The summed E-state index contributed by atoms with van der Waals surface area (Å²) in [5.74, 6) is 1.55. The van der Waals surface area contributed by atoms with Crippen LogP contribution in [-0.2, 0) is 0 Å². The number of rotatable bonds is 4. The normalized spacial score (nSPS) is 12.2. The summed E-state index contributed by atoms with van der Waals surface area (Å²) in [4.78, 5) is 0. The van der Waals surface area contributed by atoms with Gasteiger partial charge in [0.25, 0.3) is 0 Å². The van der Waals surface area contributed by atoms with E-state index in [0.717, 1.165) is 22.6 Å². The van der Waals surface area contributed by atoms with E-state index in [2.05, 4.69) is 28.4 Å². The first kappa shape index (κ1) is 15.6. The first-order valence-corrected chi connectivity index (χ1v) is 8.51. The van der Waals surface area contributed by atoms with Crippen LogP contribution in [0.25, 0.3) is 16.5 Å². The third-order valence-corrected chi connectivity index (χ3v) is 4.38. The van der Waals surface area contributed by atoms with Gasteiger partial charge in [-0.25, -0.2) is 0 Å². The van der Waals surface area contributed by atoms with Crippen molar-refractivity contribution >= 4 is 23.0 Å². The van der Waals surface area contributed by atoms with Gasteiger partial charge in [0.05, 0.1) is 0 Å². The Labute approximate surface area is 150 Å². The van der Waals surface area contributed by atoms with Crippen LogP contribution >= 0.6 is 12.2 Å². The van der Waals surface area contributed by atoms with Crippen LogP contribution in [0.15, 0.2) is 72.8 Å². The number of H-pyrrole nitrogens is 1. The molecule has 0 amide bonds. The number of nitrogens with one attached hydrogen (secondary N) is 1. The zero-order valence-corrected chi connectivity index (χ0v) is 14.5. The van der Waals surface area contributed by atoms with Gasteiger partial charge in [-0.05, 0) is 54.2 Å². The molecule has 4 rings (SSSR count). The first-order valence-electron chi connectivity index (χ1n) is 8.10. The minimum atomic E-state index is -0.255. The molecule has 1 N–H and O–H groups in total. The van der Waals surface area contributed by atoms with Crippen LogP contribution in [0.2, 0.25) is 0 Å². The van der Waals surface area contributed by atoms with Gasteiger partial charge in [0, 0.05) is 5.69 Å². The van der Waals surface area contributed by atoms with E-state index in [0.29, 0.717) is 4.77 Å². The van der Waals surface area contributed by atoms with E-state index in [1.807, 2.05) is 66.1 Å². The number of nitrogens with zero attached hydrogens (tertiary/aromatic N) is 2. The molecule has 4 nitrogen and oxygen atoms in total. The minimum absolute atomic E-state index is 0.255. The molecule has 3 aromatic carbocycles. The fraction of sp³-hybridized carbons (Fsp3) is 0.100. The number of ether oxygens (including phenoxy) is 1. The lowest BCUT2D eigenvalue weighted by Crippen LogP contribution is -2.11. The van der Waals surface area contributed by atoms with Crippen LogP contribution in [0.4, 0.5) is 0 Å². The van der Waals surface area contributed by atoms with E-state index in [-0.39, 0.29) is 6.10 Å². The van der Waals surface area contributed by atoms with E-state index in [1.54, 1.807) is 0 Å². The summed E-state index contributed by atoms with van der Waals surface area (Å²) < 4.78 is 8.59. The summed E-state index contributed by atoms with van der Waals surface area (Å²) in [6.07, 6.45) is -0.255. The van der Waals surface area contributed by atoms with Crippen molar-refractivity contribution in [3.8, 4) is 11.4 Å². The average Bonchev–Trinajstić information content (AvgIpc) is 3.04. The van der Waals surface area contributed by atoms with Crippen LogP contribution in [0, 0.1) is 4.77 Å². The lowest BCUT2D eigenvalue weighted by atomic mass is 10.1. The van der Waals surface area contributed by atoms with Crippen molar-refractivity contribution in [1.82, 2.24) is 14.8 Å². The predicted molar refractivity (Wildman–Crippen MR) is 102 cm³/mol.